The number of fused-ring (bicyclic) bond motifs is 3. The Morgan fingerprint density at radius 3 is 2.05 bits per heavy atom. The van der Waals surface area contributed by atoms with Gasteiger partial charge in [-0.3, -0.25) is 0 Å². The molecule has 1 atom stereocenters. The van der Waals surface area contributed by atoms with Crippen LogP contribution in [-0.4, -0.2) is 0 Å². The van der Waals surface area contributed by atoms with Crippen LogP contribution < -0.4 is 0 Å². The molecule has 0 saturated heterocycles. The summed E-state index contributed by atoms with van der Waals surface area (Å²) in [4.78, 5) is 0. The Morgan fingerprint density at radius 2 is 1.44 bits per heavy atom. The third-order valence-corrected chi connectivity index (χ3v) is 8.89. The molecule has 202 valence electrons. The van der Waals surface area contributed by atoms with Gasteiger partial charge in [0.25, 0.3) is 0 Å². The summed E-state index contributed by atoms with van der Waals surface area (Å²) < 4.78 is 0. The van der Waals surface area contributed by atoms with Gasteiger partial charge >= 0.3 is 0 Å². The topological polar surface area (TPSA) is 0 Å². The summed E-state index contributed by atoms with van der Waals surface area (Å²) in [6, 6.07) is 23.0. The van der Waals surface area contributed by atoms with Crippen LogP contribution in [0.1, 0.15) is 109 Å². The Bertz CT molecular complexity index is 1500. The Balaban J connectivity index is 1.62. The summed E-state index contributed by atoms with van der Waals surface area (Å²) in [6.07, 6.45) is 8.42. The summed E-state index contributed by atoms with van der Waals surface area (Å²) in [6.45, 7) is 23.3. The van der Waals surface area contributed by atoms with E-state index in [1.54, 1.807) is 0 Å². The second-order valence-electron chi connectivity index (χ2n) is 14.5. The van der Waals surface area contributed by atoms with Crippen LogP contribution in [0.2, 0.25) is 0 Å². The van der Waals surface area contributed by atoms with Crippen molar-refractivity contribution in [2.75, 3.05) is 0 Å². The zero-order valence-electron chi connectivity index (χ0n) is 25.8. The molecule has 0 aromatic heterocycles. The van der Waals surface area contributed by atoms with Crippen molar-refractivity contribution in [1.29, 1.82) is 0 Å². The van der Waals surface area contributed by atoms with E-state index < -0.39 is 0 Å². The zero-order chi connectivity index (χ0) is 28.3. The molecule has 1 unspecified atom stereocenters. The van der Waals surface area contributed by atoms with Crippen molar-refractivity contribution >= 4 is 5.57 Å². The molecule has 3 aromatic rings. The van der Waals surface area contributed by atoms with E-state index in [1.807, 2.05) is 0 Å². The van der Waals surface area contributed by atoms with Crippen molar-refractivity contribution in [2.24, 2.45) is 5.41 Å². The van der Waals surface area contributed by atoms with Crippen LogP contribution >= 0.6 is 0 Å². The monoisotopic (exact) mass is 514 g/mol. The highest BCUT2D eigenvalue weighted by Crippen LogP contribution is 2.48. The van der Waals surface area contributed by atoms with Crippen LogP contribution in [0.15, 0.2) is 90.0 Å². The molecule has 0 amide bonds. The lowest BCUT2D eigenvalue weighted by Gasteiger charge is -2.25. The standard InChI is InChI=1S/C39H46/c1-25-18-30(37(3,4)5)21-32(25)35-22-31(38(6,7)8)23-36-33-20-29(17-16-28(33)19-34(35)36)39(9,10)24-26(2)27-14-12-11-13-15-27/h11-18,20-24,32H,19H2,1-10H3. The molecule has 3 aromatic carbocycles. The number of rotatable bonds is 4. The highest BCUT2D eigenvalue weighted by atomic mass is 14.4. The average Bonchev–Trinajstić information content (AvgIpc) is 3.43. The van der Waals surface area contributed by atoms with Gasteiger partial charge in [0.2, 0.25) is 0 Å². The molecule has 0 saturated carbocycles. The number of allylic oxidation sites excluding steroid dienone is 6. The Kier molecular flexibility index (Phi) is 6.69. The van der Waals surface area contributed by atoms with Gasteiger partial charge in [-0.1, -0.05) is 134 Å². The minimum absolute atomic E-state index is 0.0721. The van der Waals surface area contributed by atoms with Gasteiger partial charge in [0.15, 0.2) is 0 Å². The first-order valence-electron chi connectivity index (χ1n) is 14.6. The van der Waals surface area contributed by atoms with E-state index in [4.69, 9.17) is 0 Å². The van der Waals surface area contributed by atoms with Gasteiger partial charge in [-0.2, -0.15) is 0 Å². The number of benzene rings is 3. The van der Waals surface area contributed by atoms with E-state index in [0.29, 0.717) is 5.92 Å². The summed E-state index contributed by atoms with van der Waals surface area (Å²) in [5.41, 5.74) is 15.9. The Labute approximate surface area is 237 Å². The normalized spacial score (nSPS) is 17.6. The number of hydrogen-bond donors (Lipinski definition) is 0. The average molecular weight is 515 g/mol. The molecular weight excluding hydrogens is 468 g/mol. The van der Waals surface area contributed by atoms with Gasteiger partial charge in [-0.25, -0.2) is 0 Å². The third kappa shape index (κ3) is 5.23. The summed E-state index contributed by atoms with van der Waals surface area (Å²) in [5.74, 6) is 0.358. The highest BCUT2D eigenvalue weighted by molar-refractivity contribution is 5.81. The lowest BCUT2D eigenvalue weighted by molar-refractivity contribution is 0.517. The molecular formula is C39H46. The maximum atomic E-state index is 2.53. The first-order valence-corrected chi connectivity index (χ1v) is 14.6. The van der Waals surface area contributed by atoms with Crippen LogP contribution in [0.3, 0.4) is 0 Å². The Morgan fingerprint density at radius 1 is 0.769 bits per heavy atom. The van der Waals surface area contributed by atoms with E-state index in [-0.39, 0.29) is 16.2 Å². The predicted octanol–water partition coefficient (Wildman–Crippen LogP) is 11.0. The molecule has 2 aliphatic rings. The summed E-state index contributed by atoms with van der Waals surface area (Å²) in [7, 11) is 0. The minimum atomic E-state index is -0.0721. The van der Waals surface area contributed by atoms with Crippen molar-refractivity contribution in [3.05, 3.63) is 123 Å². The number of hydrogen-bond acceptors (Lipinski definition) is 0. The van der Waals surface area contributed by atoms with Crippen molar-refractivity contribution in [2.45, 2.75) is 92.4 Å². The molecule has 0 heteroatoms. The lowest BCUT2D eigenvalue weighted by Crippen LogP contribution is -2.14. The predicted molar refractivity (Wildman–Crippen MR) is 171 cm³/mol. The molecule has 0 radical (unpaired) electrons. The van der Waals surface area contributed by atoms with Gasteiger partial charge in [-0.05, 0) is 92.8 Å². The van der Waals surface area contributed by atoms with Crippen molar-refractivity contribution < 1.29 is 0 Å². The Hall–Kier alpha value is -3.12. The first kappa shape index (κ1) is 27.4. The third-order valence-electron chi connectivity index (χ3n) is 8.89. The van der Waals surface area contributed by atoms with Gasteiger partial charge in [-0.15, -0.1) is 0 Å². The van der Waals surface area contributed by atoms with Gasteiger partial charge in [0.1, 0.15) is 0 Å². The fourth-order valence-electron chi connectivity index (χ4n) is 6.32. The van der Waals surface area contributed by atoms with E-state index >= 15 is 0 Å². The van der Waals surface area contributed by atoms with Gasteiger partial charge in [0, 0.05) is 11.3 Å². The van der Waals surface area contributed by atoms with E-state index in [1.165, 1.54) is 61.2 Å². The second kappa shape index (κ2) is 9.51. The lowest BCUT2D eigenvalue weighted by atomic mass is 9.79. The first-order chi connectivity index (χ1) is 18.1. The fraction of sp³-hybridized carbons (Fsp3) is 0.385. The zero-order valence-corrected chi connectivity index (χ0v) is 25.8. The quantitative estimate of drug-likeness (QED) is 0.254. The van der Waals surface area contributed by atoms with Crippen LogP contribution in [0.4, 0.5) is 0 Å². The molecule has 0 fully saturated rings. The molecule has 0 spiro atoms. The van der Waals surface area contributed by atoms with Crippen LogP contribution in [-0.2, 0) is 17.3 Å². The molecule has 0 heterocycles. The minimum Gasteiger partial charge on any atom is -0.0710 e. The maximum Gasteiger partial charge on any atom is 0.0237 e. The molecule has 0 nitrogen and oxygen atoms in total. The van der Waals surface area contributed by atoms with E-state index in [9.17, 15) is 0 Å². The van der Waals surface area contributed by atoms with Crippen LogP contribution in [0.5, 0.6) is 0 Å². The molecule has 0 N–H and O–H groups in total. The van der Waals surface area contributed by atoms with E-state index in [2.05, 4.69) is 148 Å². The molecule has 5 rings (SSSR count). The van der Waals surface area contributed by atoms with Crippen molar-refractivity contribution in [1.82, 2.24) is 0 Å². The largest absolute Gasteiger partial charge is 0.0710 e. The van der Waals surface area contributed by atoms with Crippen LogP contribution in [0.25, 0.3) is 16.7 Å². The highest BCUT2D eigenvalue weighted by Gasteiger charge is 2.32. The van der Waals surface area contributed by atoms with Gasteiger partial charge < -0.3 is 0 Å². The summed E-state index contributed by atoms with van der Waals surface area (Å²) in [5, 5.41) is 0. The smallest absolute Gasteiger partial charge is 0.0237 e. The van der Waals surface area contributed by atoms with Gasteiger partial charge in [0.05, 0.1) is 0 Å². The van der Waals surface area contributed by atoms with Crippen molar-refractivity contribution in [3.8, 4) is 11.1 Å². The molecule has 39 heavy (non-hydrogen) atoms. The summed E-state index contributed by atoms with van der Waals surface area (Å²) >= 11 is 0. The molecule has 2 aliphatic carbocycles. The van der Waals surface area contributed by atoms with Crippen molar-refractivity contribution in [3.63, 3.8) is 0 Å². The van der Waals surface area contributed by atoms with E-state index in [0.717, 1.165) is 6.42 Å². The second-order valence-corrected chi connectivity index (χ2v) is 14.5. The van der Waals surface area contributed by atoms with Crippen LogP contribution in [0, 0.1) is 5.41 Å². The molecule has 0 bridgehead atoms. The molecule has 0 aliphatic heterocycles. The fourth-order valence-corrected chi connectivity index (χ4v) is 6.32. The maximum absolute atomic E-state index is 2.53. The SMILES string of the molecule is CC(=CC(C)(C)c1ccc2c(c1)-c1cc(C(C)(C)C)cc(C3C=C(C(C)(C)C)C=C3C)c1C2)c1ccccc1.